The van der Waals surface area contributed by atoms with Gasteiger partial charge in [-0.2, -0.15) is 0 Å². The SMILES string of the molecule is C/C=C/C1NC(=O)NC1=O. The third-order valence-electron chi connectivity index (χ3n) is 1.19. The quantitative estimate of drug-likeness (QED) is 0.390. The molecule has 0 saturated carbocycles. The summed E-state index contributed by atoms with van der Waals surface area (Å²) in [5.41, 5.74) is 0. The molecule has 0 radical (unpaired) electrons. The Morgan fingerprint density at radius 1 is 1.50 bits per heavy atom. The molecule has 0 bridgehead atoms. The number of urea groups is 1. The van der Waals surface area contributed by atoms with Crippen LogP contribution in [0.5, 0.6) is 0 Å². The van der Waals surface area contributed by atoms with Crippen molar-refractivity contribution in [3.8, 4) is 0 Å². The topological polar surface area (TPSA) is 58.2 Å². The molecular weight excluding hydrogens is 132 g/mol. The van der Waals surface area contributed by atoms with Gasteiger partial charge >= 0.3 is 6.03 Å². The molecule has 0 aromatic carbocycles. The molecule has 1 rings (SSSR count). The second kappa shape index (κ2) is 2.51. The van der Waals surface area contributed by atoms with Gasteiger partial charge in [0.25, 0.3) is 5.91 Å². The predicted octanol–water partition coefficient (Wildman–Crippen LogP) is -0.229. The van der Waals surface area contributed by atoms with Gasteiger partial charge in [-0.3, -0.25) is 10.1 Å². The van der Waals surface area contributed by atoms with Crippen LogP contribution in [0.3, 0.4) is 0 Å². The second-order valence-electron chi connectivity index (χ2n) is 1.97. The zero-order valence-corrected chi connectivity index (χ0v) is 5.55. The van der Waals surface area contributed by atoms with Crippen LogP contribution in [0.2, 0.25) is 0 Å². The molecule has 4 nitrogen and oxygen atoms in total. The molecule has 3 amide bonds. The first-order valence-electron chi connectivity index (χ1n) is 2.98. The van der Waals surface area contributed by atoms with E-state index in [-0.39, 0.29) is 5.91 Å². The molecule has 1 fully saturated rings. The van der Waals surface area contributed by atoms with Crippen LogP contribution in [0.4, 0.5) is 4.79 Å². The van der Waals surface area contributed by atoms with Gasteiger partial charge in [0.2, 0.25) is 0 Å². The Bertz CT molecular complexity index is 198. The summed E-state index contributed by atoms with van der Waals surface area (Å²) in [7, 11) is 0. The third kappa shape index (κ3) is 1.15. The minimum absolute atomic E-state index is 0.289. The molecule has 0 spiro atoms. The molecule has 1 aliphatic heterocycles. The lowest BCUT2D eigenvalue weighted by Crippen LogP contribution is -2.25. The van der Waals surface area contributed by atoms with Gasteiger partial charge in [-0.05, 0) is 6.92 Å². The van der Waals surface area contributed by atoms with E-state index in [0.29, 0.717) is 0 Å². The van der Waals surface area contributed by atoms with E-state index in [0.717, 1.165) is 0 Å². The maximum Gasteiger partial charge on any atom is 0.322 e. The summed E-state index contributed by atoms with van der Waals surface area (Å²) in [4.78, 5) is 21.2. The van der Waals surface area contributed by atoms with Crippen molar-refractivity contribution in [1.29, 1.82) is 0 Å². The van der Waals surface area contributed by atoms with E-state index in [1.54, 1.807) is 19.1 Å². The summed E-state index contributed by atoms with van der Waals surface area (Å²) in [5.74, 6) is -0.289. The lowest BCUT2D eigenvalue weighted by molar-refractivity contribution is -0.119. The molecule has 2 N–H and O–H groups in total. The molecule has 0 aromatic heterocycles. The highest BCUT2D eigenvalue weighted by atomic mass is 16.2. The van der Waals surface area contributed by atoms with E-state index in [4.69, 9.17) is 0 Å². The highest BCUT2D eigenvalue weighted by Crippen LogP contribution is 1.93. The summed E-state index contributed by atoms with van der Waals surface area (Å²) in [6.45, 7) is 1.79. The van der Waals surface area contributed by atoms with Crippen LogP contribution in [-0.2, 0) is 4.79 Å². The van der Waals surface area contributed by atoms with Gasteiger partial charge in [0, 0.05) is 0 Å². The monoisotopic (exact) mass is 140 g/mol. The zero-order chi connectivity index (χ0) is 7.56. The maximum absolute atomic E-state index is 10.7. The fourth-order valence-corrected chi connectivity index (χ4v) is 0.760. The Morgan fingerprint density at radius 3 is 2.60 bits per heavy atom. The number of imide groups is 1. The summed E-state index contributed by atoms with van der Waals surface area (Å²) >= 11 is 0. The summed E-state index contributed by atoms with van der Waals surface area (Å²) < 4.78 is 0. The third-order valence-corrected chi connectivity index (χ3v) is 1.19. The number of allylic oxidation sites excluding steroid dienone is 1. The Kier molecular flexibility index (Phi) is 1.71. The molecule has 54 valence electrons. The van der Waals surface area contributed by atoms with Gasteiger partial charge in [0.15, 0.2) is 0 Å². The average Bonchev–Trinajstić information content (AvgIpc) is 2.13. The standard InChI is InChI=1S/C6H8N2O2/c1-2-3-4-5(9)8-6(10)7-4/h2-4H,1H3,(H2,7,8,9,10)/b3-2+. The van der Waals surface area contributed by atoms with E-state index in [1.807, 2.05) is 0 Å². The maximum atomic E-state index is 10.7. The molecule has 1 unspecified atom stereocenters. The van der Waals surface area contributed by atoms with Gasteiger partial charge in [-0.1, -0.05) is 12.2 Å². The van der Waals surface area contributed by atoms with E-state index in [2.05, 4.69) is 10.6 Å². The summed E-state index contributed by atoms with van der Waals surface area (Å²) in [6, 6.07) is -0.898. The number of hydrogen-bond acceptors (Lipinski definition) is 2. The molecule has 4 heteroatoms. The Balaban J connectivity index is 2.63. The van der Waals surface area contributed by atoms with Crippen LogP contribution in [0.1, 0.15) is 6.92 Å². The molecule has 0 aliphatic carbocycles. The van der Waals surface area contributed by atoms with Crippen molar-refractivity contribution in [3.05, 3.63) is 12.2 Å². The van der Waals surface area contributed by atoms with Gasteiger partial charge in [-0.15, -0.1) is 0 Å². The smallest absolute Gasteiger partial charge is 0.322 e. The first-order valence-corrected chi connectivity index (χ1v) is 2.98. The van der Waals surface area contributed by atoms with Gasteiger partial charge in [-0.25, -0.2) is 4.79 Å². The lowest BCUT2D eigenvalue weighted by atomic mass is 10.3. The van der Waals surface area contributed by atoms with Crippen LogP contribution < -0.4 is 10.6 Å². The van der Waals surface area contributed by atoms with Crippen molar-refractivity contribution < 1.29 is 9.59 Å². The fraction of sp³-hybridized carbons (Fsp3) is 0.333. The first-order chi connectivity index (χ1) is 4.74. The van der Waals surface area contributed by atoms with Crippen molar-refractivity contribution in [2.24, 2.45) is 0 Å². The molecule has 0 aromatic rings. The number of carbonyl (C=O) groups excluding carboxylic acids is 2. The normalized spacial score (nSPS) is 25.1. The van der Waals surface area contributed by atoms with E-state index >= 15 is 0 Å². The number of amides is 3. The van der Waals surface area contributed by atoms with Crippen molar-refractivity contribution in [2.75, 3.05) is 0 Å². The second-order valence-corrected chi connectivity index (χ2v) is 1.97. The first kappa shape index (κ1) is 6.80. The molecule has 10 heavy (non-hydrogen) atoms. The minimum atomic E-state index is -0.475. The molecule has 1 aliphatic rings. The highest BCUT2D eigenvalue weighted by Gasteiger charge is 2.26. The summed E-state index contributed by atoms with van der Waals surface area (Å²) in [6.07, 6.45) is 3.34. The molecular formula is C6H8N2O2. The Morgan fingerprint density at radius 2 is 2.20 bits per heavy atom. The zero-order valence-electron chi connectivity index (χ0n) is 5.55. The largest absolute Gasteiger partial charge is 0.322 e. The molecule has 1 heterocycles. The number of carbonyl (C=O) groups is 2. The lowest BCUT2D eigenvalue weighted by Gasteiger charge is -1.95. The number of nitrogens with one attached hydrogen (secondary N) is 2. The molecule has 1 saturated heterocycles. The Hall–Kier alpha value is -1.32. The average molecular weight is 140 g/mol. The van der Waals surface area contributed by atoms with Gasteiger partial charge < -0.3 is 5.32 Å². The Labute approximate surface area is 58.3 Å². The number of hydrogen-bond donors (Lipinski definition) is 2. The van der Waals surface area contributed by atoms with Gasteiger partial charge in [0.1, 0.15) is 6.04 Å². The number of rotatable bonds is 1. The van der Waals surface area contributed by atoms with Crippen LogP contribution in [0.25, 0.3) is 0 Å². The summed E-state index contributed by atoms with van der Waals surface area (Å²) in [5, 5.41) is 4.53. The van der Waals surface area contributed by atoms with Gasteiger partial charge in [0.05, 0.1) is 0 Å². The highest BCUT2D eigenvalue weighted by molar-refractivity contribution is 6.05. The predicted molar refractivity (Wildman–Crippen MR) is 35.3 cm³/mol. The fourth-order valence-electron chi connectivity index (χ4n) is 0.760. The van der Waals surface area contributed by atoms with Crippen molar-refractivity contribution in [1.82, 2.24) is 10.6 Å². The van der Waals surface area contributed by atoms with Crippen LogP contribution >= 0.6 is 0 Å². The van der Waals surface area contributed by atoms with Crippen LogP contribution in [0, 0.1) is 0 Å². The van der Waals surface area contributed by atoms with Crippen molar-refractivity contribution in [3.63, 3.8) is 0 Å². The van der Waals surface area contributed by atoms with E-state index in [1.165, 1.54) is 0 Å². The van der Waals surface area contributed by atoms with Crippen molar-refractivity contribution >= 4 is 11.9 Å². The minimum Gasteiger partial charge on any atom is -0.322 e. The van der Waals surface area contributed by atoms with Crippen molar-refractivity contribution in [2.45, 2.75) is 13.0 Å². The van der Waals surface area contributed by atoms with Crippen LogP contribution in [0.15, 0.2) is 12.2 Å². The molecule has 1 atom stereocenters. The van der Waals surface area contributed by atoms with E-state index in [9.17, 15) is 9.59 Å². The van der Waals surface area contributed by atoms with E-state index < -0.39 is 12.1 Å². The van der Waals surface area contributed by atoms with Crippen LogP contribution in [-0.4, -0.2) is 18.0 Å².